The van der Waals surface area contributed by atoms with Crippen LogP contribution in [0.5, 0.6) is 0 Å². The van der Waals surface area contributed by atoms with Crippen LogP contribution in [0, 0.1) is 17.5 Å². The summed E-state index contributed by atoms with van der Waals surface area (Å²) in [5.41, 5.74) is -1.09. The van der Waals surface area contributed by atoms with Gasteiger partial charge in [-0.25, -0.2) is 26.6 Å². The van der Waals surface area contributed by atoms with Gasteiger partial charge in [0.25, 0.3) is 0 Å². The molecule has 1 fully saturated rings. The highest BCUT2D eigenvalue weighted by Crippen LogP contribution is 2.40. The van der Waals surface area contributed by atoms with E-state index in [1.54, 1.807) is 6.07 Å². The Morgan fingerprint density at radius 1 is 1.18 bits per heavy atom. The predicted octanol–water partition coefficient (Wildman–Crippen LogP) is 4.46. The smallest absolute Gasteiger partial charge is 0.235 e. The second kappa shape index (κ2) is 6.69. The Labute approximate surface area is 158 Å². The van der Waals surface area contributed by atoms with Gasteiger partial charge in [0.15, 0.2) is 29.1 Å². The zero-order valence-electron chi connectivity index (χ0n) is 14.7. The lowest BCUT2D eigenvalue weighted by Gasteiger charge is -2.16. The van der Waals surface area contributed by atoms with Crippen LogP contribution in [0.2, 0.25) is 0 Å². The molecule has 2 N–H and O–H groups in total. The van der Waals surface area contributed by atoms with Gasteiger partial charge in [-0.15, -0.1) is 0 Å². The summed E-state index contributed by atoms with van der Waals surface area (Å²) >= 11 is 0. The number of aryl methyl sites for hydroxylation is 1. The molecule has 3 aromatic rings. The van der Waals surface area contributed by atoms with Crippen LogP contribution in [-0.2, 0) is 16.4 Å². The van der Waals surface area contributed by atoms with Gasteiger partial charge < -0.3 is 9.73 Å². The standard InChI is InChI=1S/C18H16F3N3O3S/c1-2-9-3-6-12(11(19)7-9)23-15-13(20)14(21)16-18(27-8-22-16)17(15)24-28(25,26)10-4-5-10/h3,6-8,10,23-24H,2,4-5H2,1H3. The number of rotatable bonds is 6. The summed E-state index contributed by atoms with van der Waals surface area (Å²) in [6.45, 7) is 1.85. The van der Waals surface area contributed by atoms with Crippen LogP contribution in [0.3, 0.4) is 0 Å². The average molecular weight is 411 g/mol. The van der Waals surface area contributed by atoms with Gasteiger partial charge in [-0.05, 0) is 37.0 Å². The molecule has 148 valence electrons. The summed E-state index contributed by atoms with van der Waals surface area (Å²) in [7, 11) is -3.84. The maximum absolute atomic E-state index is 14.7. The van der Waals surface area contributed by atoms with E-state index in [4.69, 9.17) is 4.42 Å². The molecule has 0 unspecified atom stereocenters. The van der Waals surface area contributed by atoms with E-state index >= 15 is 0 Å². The summed E-state index contributed by atoms with van der Waals surface area (Å²) < 4.78 is 75.6. The lowest BCUT2D eigenvalue weighted by Crippen LogP contribution is -2.19. The number of aromatic nitrogens is 1. The molecule has 0 amide bonds. The summed E-state index contributed by atoms with van der Waals surface area (Å²) in [4.78, 5) is 3.60. The van der Waals surface area contributed by atoms with Gasteiger partial charge in [-0.3, -0.25) is 4.72 Å². The lowest BCUT2D eigenvalue weighted by atomic mass is 10.1. The highest BCUT2D eigenvalue weighted by molar-refractivity contribution is 7.93. The third-order valence-corrected chi connectivity index (χ3v) is 6.41. The van der Waals surface area contributed by atoms with Gasteiger partial charge >= 0.3 is 0 Å². The fourth-order valence-corrected chi connectivity index (χ4v) is 4.25. The molecule has 0 bridgehead atoms. The number of fused-ring (bicyclic) bond motifs is 1. The molecule has 2 aromatic carbocycles. The SMILES string of the molecule is CCc1ccc(Nc2c(F)c(F)c3ncoc3c2NS(=O)(=O)C2CC2)c(F)c1. The normalized spacial score (nSPS) is 14.4. The van der Waals surface area contributed by atoms with Crippen LogP contribution in [0.25, 0.3) is 11.1 Å². The van der Waals surface area contributed by atoms with Crippen LogP contribution in [-0.4, -0.2) is 18.7 Å². The fraction of sp³-hybridized carbons (Fsp3) is 0.278. The van der Waals surface area contributed by atoms with Gasteiger partial charge in [-0.1, -0.05) is 13.0 Å². The predicted molar refractivity (Wildman–Crippen MR) is 98.6 cm³/mol. The third-order valence-electron chi connectivity index (χ3n) is 4.57. The van der Waals surface area contributed by atoms with Crippen molar-refractivity contribution in [3.63, 3.8) is 0 Å². The first-order chi connectivity index (χ1) is 13.3. The molecule has 1 aliphatic carbocycles. The van der Waals surface area contributed by atoms with Gasteiger partial charge in [0.1, 0.15) is 17.2 Å². The minimum absolute atomic E-state index is 0.138. The second-order valence-electron chi connectivity index (χ2n) is 6.55. The van der Waals surface area contributed by atoms with E-state index in [1.165, 1.54) is 12.1 Å². The largest absolute Gasteiger partial charge is 0.441 e. The summed E-state index contributed by atoms with van der Waals surface area (Å²) in [5, 5.41) is 1.84. The number of hydrogen-bond acceptors (Lipinski definition) is 5. The minimum Gasteiger partial charge on any atom is -0.441 e. The summed E-state index contributed by atoms with van der Waals surface area (Å²) in [6, 6.07) is 4.26. The van der Waals surface area contributed by atoms with Crippen molar-refractivity contribution in [2.75, 3.05) is 10.0 Å². The van der Waals surface area contributed by atoms with Gasteiger partial charge in [-0.2, -0.15) is 0 Å². The van der Waals surface area contributed by atoms with Gasteiger partial charge in [0.2, 0.25) is 10.0 Å². The number of oxazole rings is 1. The molecule has 28 heavy (non-hydrogen) atoms. The topological polar surface area (TPSA) is 84.2 Å². The number of sulfonamides is 1. The molecule has 0 radical (unpaired) electrons. The minimum atomic E-state index is -3.84. The van der Waals surface area contributed by atoms with Crippen LogP contribution < -0.4 is 10.0 Å². The Bertz CT molecular complexity index is 1170. The van der Waals surface area contributed by atoms with E-state index in [0.717, 1.165) is 12.0 Å². The Hall–Kier alpha value is -2.75. The first-order valence-electron chi connectivity index (χ1n) is 8.63. The molecule has 0 aliphatic heterocycles. The number of anilines is 3. The Morgan fingerprint density at radius 2 is 1.93 bits per heavy atom. The van der Waals surface area contributed by atoms with E-state index in [2.05, 4.69) is 15.0 Å². The zero-order chi connectivity index (χ0) is 20.1. The number of nitrogens with zero attached hydrogens (tertiary/aromatic N) is 1. The first-order valence-corrected chi connectivity index (χ1v) is 10.2. The van der Waals surface area contributed by atoms with Crippen molar-refractivity contribution >= 4 is 38.2 Å². The number of hydrogen-bond donors (Lipinski definition) is 2. The number of halogens is 3. The highest BCUT2D eigenvalue weighted by Gasteiger charge is 2.37. The summed E-state index contributed by atoms with van der Waals surface area (Å²) in [5.74, 6) is -3.41. The van der Waals surface area contributed by atoms with E-state index in [-0.39, 0.29) is 17.0 Å². The van der Waals surface area contributed by atoms with Crippen molar-refractivity contribution in [2.24, 2.45) is 0 Å². The molecule has 0 atom stereocenters. The lowest BCUT2D eigenvalue weighted by molar-refractivity contribution is 0.518. The van der Waals surface area contributed by atoms with Crippen LogP contribution in [0.15, 0.2) is 29.0 Å². The van der Waals surface area contributed by atoms with E-state index in [1.807, 2.05) is 6.92 Å². The summed E-state index contributed by atoms with van der Waals surface area (Å²) in [6.07, 6.45) is 2.40. The molecule has 1 heterocycles. The van der Waals surface area contributed by atoms with Crippen molar-refractivity contribution in [3.8, 4) is 0 Å². The maximum Gasteiger partial charge on any atom is 0.235 e. The number of benzene rings is 2. The van der Waals surface area contributed by atoms with Crippen LogP contribution in [0.4, 0.5) is 30.2 Å². The number of nitrogens with one attached hydrogen (secondary N) is 2. The highest BCUT2D eigenvalue weighted by atomic mass is 32.2. The van der Waals surface area contributed by atoms with Crippen molar-refractivity contribution in [2.45, 2.75) is 31.4 Å². The first kappa shape index (κ1) is 18.6. The molecule has 0 saturated heterocycles. The molecule has 1 saturated carbocycles. The quantitative estimate of drug-likeness (QED) is 0.626. The molecule has 0 spiro atoms. The molecule has 1 aromatic heterocycles. The Morgan fingerprint density at radius 3 is 2.57 bits per heavy atom. The van der Waals surface area contributed by atoms with Crippen LogP contribution in [0.1, 0.15) is 25.3 Å². The molecular weight excluding hydrogens is 395 g/mol. The van der Waals surface area contributed by atoms with E-state index in [9.17, 15) is 21.6 Å². The van der Waals surface area contributed by atoms with E-state index < -0.39 is 43.9 Å². The van der Waals surface area contributed by atoms with E-state index in [0.29, 0.717) is 19.3 Å². The monoisotopic (exact) mass is 411 g/mol. The van der Waals surface area contributed by atoms with Crippen LogP contribution >= 0.6 is 0 Å². The molecule has 4 rings (SSSR count). The van der Waals surface area contributed by atoms with Crippen molar-refractivity contribution in [3.05, 3.63) is 47.6 Å². The third kappa shape index (κ3) is 3.17. The maximum atomic E-state index is 14.7. The van der Waals surface area contributed by atoms with Crippen molar-refractivity contribution in [1.82, 2.24) is 4.98 Å². The second-order valence-corrected chi connectivity index (χ2v) is 8.51. The molecular formula is C18H16F3N3O3S. The van der Waals surface area contributed by atoms with Gasteiger partial charge in [0, 0.05) is 0 Å². The molecule has 1 aliphatic rings. The Kier molecular flexibility index (Phi) is 4.45. The molecule has 10 heteroatoms. The Balaban J connectivity index is 1.86. The van der Waals surface area contributed by atoms with Crippen molar-refractivity contribution < 1.29 is 26.0 Å². The fourth-order valence-electron chi connectivity index (χ4n) is 2.85. The molecule has 6 nitrogen and oxygen atoms in total. The zero-order valence-corrected chi connectivity index (χ0v) is 15.5. The van der Waals surface area contributed by atoms with Crippen molar-refractivity contribution in [1.29, 1.82) is 0 Å². The van der Waals surface area contributed by atoms with Gasteiger partial charge in [0.05, 0.1) is 10.9 Å². The average Bonchev–Trinajstić information content (AvgIpc) is 3.42.